The second-order valence-electron chi connectivity index (χ2n) is 15.3. The van der Waals surface area contributed by atoms with Gasteiger partial charge in [-0.3, -0.25) is 0 Å². The van der Waals surface area contributed by atoms with Gasteiger partial charge in [-0.2, -0.15) is 0 Å². The molecule has 8 fully saturated rings. The third kappa shape index (κ3) is 4.45. The van der Waals surface area contributed by atoms with Crippen LogP contribution in [0.2, 0.25) is 0 Å². The van der Waals surface area contributed by atoms with Crippen molar-refractivity contribution >= 4 is 22.7 Å². The monoisotopic (exact) mass is 612 g/mol. The predicted octanol–water partition coefficient (Wildman–Crippen LogP) is 8.51. The molecule has 6 nitrogen and oxygen atoms in total. The normalized spacial score (nSPS) is 36.8. The minimum Gasteiger partial charge on any atom is -0.359 e. The fourth-order valence-corrected chi connectivity index (χ4v) is 13.2. The van der Waals surface area contributed by atoms with E-state index in [-0.39, 0.29) is 0 Å². The molecule has 43 heavy (non-hydrogen) atoms. The summed E-state index contributed by atoms with van der Waals surface area (Å²) in [6.07, 6.45) is 15.5. The van der Waals surface area contributed by atoms with Crippen molar-refractivity contribution in [3.05, 3.63) is 47.2 Å². The molecule has 8 saturated carbocycles. The molecule has 224 valence electrons. The number of aromatic nitrogens is 2. The number of nitrogens with zero attached hydrogens (tertiary/aromatic N) is 2. The Morgan fingerprint density at radius 1 is 0.721 bits per heavy atom. The lowest BCUT2D eigenvalue weighted by atomic mass is 9.53. The smallest absolute Gasteiger partial charge is 0.168 e. The van der Waals surface area contributed by atoms with E-state index in [2.05, 4.69) is 56.7 Å². The standard InChI is InChI=1S/C35H40N4O2S2/c1-2-32(43-31(1)29-11-28(40-39-29)18-36-34-12-20-3-21(13-34)5-22(4-20)14-34)33-9-25(19-42-33)30-10-27(38-41-30)17-37-35-15-23-6-24(16-35)8-26(35)7-23/h1-2,9-11,19-24,26,36-37H,3-8,12-18H2. The molecule has 0 spiro atoms. The van der Waals surface area contributed by atoms with Crippen molar-refractivity contribution < 1.29 is 9.05 Å². The van der Waals surface area contributed by atoms with E-state index in [1.807, 2.05) is 0 Å². The summed E-state index contributed by atoms with van der Waals surface area (Å²) >= 11 is 3.54. The first-order chi connectivity index (χ1) is 21.1. The Kier molecular flexibility index (Phi) is 5.82. The van der Waals surface area contributed by atoms with Crippen LogP contribution in [0.5, 0.6) is 0 Å². The number of hydrogen-bond acceptors (Lipinski definition) is 8. The number of hydrogen-bond donors (Lipinski definition) is 2. The Labute approximate surface area is 261 Å². The maximum atomic E-state index is 5.82. The quantitative estimate of drug-likeness (QED) is 0.197. The van der Waals surface area contributed by atoms with Crippen LogP contribution in [0.3, 0.4) is 0 Å². The second kappa shape index (κ2) is 9.62. The largest absolute Gasteiger partial charge is 0.359 e. The second-order valence-corrected chi connectivity index (χ2v) is 17.3. The maximum absolute atomic E-state index is 5.82. The summed E-state index contributed by atoms with van der Waals surface area (Å²) in [6.45, 7) is 1.59. The molecule has 4 aromatic heterocycles. The molecule has 0 aliphatic heterocycles. The summed E-state index contributed by atoms with van der Waals surface area (Å²) in [5.41, 5.74) is 3.76. The SMILES string of the molecule is c1sc(-c2ccc(-c3cc(CNC45CC6CC(CC(C6)C4)C5)on3)s2)cc1-c1cc(CNC23CC4CC(CC2C4)C3)no1. The summed E-state index contributed by atoms with van der Waals surface area (Å²) in [5.74, 6) is 7.44. The zero-order valence-corrected chi connectivity index (χ0v) is 26.3. The number of rotatable bonds is 9. The number of nitrogens with one attached hydrogen (secondary N) is 2. The third-order valence-corrected chi connectivity index (χ3v) is 14.6. The van der Waals surface area contributed by atoms with E-state index >= 15 is 0 Å². The molecular formula is C35H40N4O2S2. The van der Waals surface area contributed by atoms with E-state index in [1.165, 1.54) is 80.4 Å². The lowest BCUT2D eigenvalue weighted by Gasteiger charge is -2.57. The fourth-order valence-electron chi connectivity index (χ4n) is 11.2. The zero-order chi connectivity index (χ0) is 28.2. The molecule has 8 bridgehead atoms. The van der Waals surface area contributed by atoms with Gasteiger partial charge in [0.25, 0.3) is 0 Å². The van der Waals surface area contributed by atoms with E-state index in [0.29, 0.717) is 11.1 Å². The minimum atomic E-state index is 0.338. The highest BCUT2D eigenvalue weighted by molar-refractivity contribution is 7.23. The van der Waals surface area contributed by atoms with Crippen molar-refractivity contribution in [1.29, 1.82) is 0 Å². The third-order valence-electron chi connectivity index (χ3n) is 12.4. The van der Waals surface area contributed by atoms with Gasteiger partial charge in [-0.1, -0.05) is 10.3 Å². The van der Waals surface area contributed by atoms with Gasteiger partial charge in [-0.15, -0.1) is 22.7 Å². The Balaban J connectivity index is 0.789. The highest BCUT2D eigenvalue weighted by Gasteiger charge is 2.57. The lowest BCUT2D eigenvalue weighted by molar-refractivity contribution is -0.0215. The molecule has 8 heteroatoms. The average molecular weight is 613 g/mol. The van der Waals surface area contributed by atoms with Crippen molar-refractivity contribution in [1.82, 2.24) is 20.9 Å². The highest BCUT2D eigenvalue weighted by atomic mass is 32.1. The molecule has 2 N–H and O–H groups in total. The van der Waals surface area contributed by atoms with Crippen molar-refractivity contribution in [3.8, 4) is 31.6 Å². The highest BCUT2D eigenvalue weighted by Crippen LogP contribution is 2.60. The summed E-state index contributed by atoms with van der Waals surface area (Å²) in [4.78, 5) is 3.64. The summed E-state index contributed by atoms with van der Waals surface area (Å²) in [6, 6.07) is 10.9. The van der Waals surface area contributed by atoms with Crippen molar-refractivity contribution in [2.24, 2.45) is 35.5 Å². The first kappa shape index (κ1) is 26.0. The van der Waals surface area contributed by atoms with Crippen LogP contribution < -0.4 is 10.6 Å². The van der Waals surface area contributed by atoms with E-state index in [9.17, 15) is 0 Å². The maximum Gasteiger partial charge on any atom is 0.168 e. The molecule has 4 aromatic rings. The predicted molar refractivity (Wildman–Crippen MR) is 169 cm³/mol. The van der Waals surface area contributed by atoms with Crippen LogP contribution in [0.25, 0.3) is 31.6 Å². The van der Waals surface area contributed by atoms with Crippen LogP contribution in [-0.2, 0) is 13.1 Å². The van der Waals surface area contributed by atoms with Gasteiger partial charge in [0, 0.05) is 50.5 Å². The first-order valence-electron chi connectivity index (χ1n) is 16.7. The molecule has 0 saturated heterocycles. The Bertz CT molecular complexity index is 1610. The van der Waals surface area contributed by atoms with E-state index in [1.54, 1.807) is 22.7 Å². The molecular weight excluding hydrogens is 573 g/mol. The fraction of sp³-hybridized carbons (Fsp3) is 0.600. The van der Waals surface area contributed by atoms with Gasteiger partial charge < -0.3 is 19.7 Å². The van der Waals surface area contributed by atoms with E-state index in [0.717, 1.165) is 81.9 Å². The minimum absolute atomic E-state index is 0.338. The molecule has 8 aliphatic rings. The molecule has 0 amide bonds. The zero-order valence-electron chi connectivity index (χ0n) is 24.6. The van der Waals surface area contributed by atoms with Crippen LogP contribution >= 0.6 is 22.7 Å². The molecule has 0 radical (unpaired) electrons. The summed E-state index contributed by atoms with van der Waals surface area (Å²) < 4.78 is 11.6. The molecule has 2 atom stereocenters. The van der Waals surface area contributed by atoms with Gasteiger partial charge in [0.15, 0.2) is 11.5 Å². The van der Waals surface area contributed by atoms with Crippen molar-refractivity contribution in [3.63, 3.8) is 0 Å². The van der Waals surface area contributed by atoms with Gasteiger partial charge in [-0.25, -0.2) is 0 Å². The first-order valence-corrected chi connectivity index (χ1v) is 18.4. The van der Waals surface area contributed by atoms with Gasteiger partial charge in [-0.05, 0) is 124 Å². The van der Waals surface area contributed by atoms with Gasteiger partial charge in [0.1, 0.15) is 5.69 Å². The molecule has 2 unspecified atom stereocenters. The average Bonchev–Trinajstić information content (AvgIpc) is 3.82. The van der Waals surface area contributed by atoms with Gasteiger partial charge in [0.05, 0.1) is 17.1 Å². The molecule has 0 aromatic carbocycles. The van der Waals surface area contributed by atoms with Crippen molar-refractivity contribution in [2.45, 2.75) is 94.8 Å². The number of thiophene rings is 2. The van der Waals surface area contributed by atoms with E-state index in [4.69, 9.17) is 9.05 Å². The van der Waals surface area contributed by atoms with Gasteiger partial charge in [0.2, 0.25) is 0 Å². The molecule has 4 heterocycles. The topological polar surface area (TPSA) is 76.1 Å². The van der Waals surface area contributed by atoms with Crippen LogP contribution in [0.15, 0.2) is 44.8 Å². The molecule has 12 rings (SSSR count). The van der Waals surface area contributed by atoms with Crippen LogP contribution in [0, 0.1) is 35.5 Å². The Morgan fingerprint density at radius 3 is 2.21 bits per heavy atom. The van der Waals surface area contributed by atoms with Crippen LogP contribution in [0.4, 0.5) is 0 Å². The van der Waals surface area contributed by atoms with Gasteiger partial charge >= 0.3 is 0 Å². The Morgan fingerprint density at radius 2 is 1.44 bits per heavy atom. The van der Waals surface area contributed by atoms with Crippen LogP contribution in [-0.4, -0.2) is 21.4 Å². The molecule has 8 aliphatic carbocycles. The van der Waals surface area contributed by atoms with Crippen LogP contribution in [0.1, 0.15) is 82.1 Å². The Hall–Kier alpha value is -2.26. The summed E-state index contributed by atoms with van der Waals surface area (Å²) in [7, 11) is 0. The lowest BCUT2D eigenvalue weighted by Crippen LogP contribution is -2.58. The van der Waals surface area contributed by atoms with E-state index < -0.39 is 0 Å². The summed E-state index contributed by atoms with van der Waals surface area (Å²) in [5, 5.41) is 19.0. The van der Waals surface area contributed by atoms with Crippen molar-refractivity contribution in [2.75, 3.05) is 0 Å².